The SMILES string of the molecule is Cc1nc([C@@H](C)NC(=O)N2CCc3c(F)ccc(F)c3C2)cs1. The zero-order valence-corrected chi connectivity index (χ0v) is 13.7. The number of nitrogens with one attached hydrogen (secondary N) is 1. The number of benzene rings is 1. The van der Waals surface area contributed by atoms with Crippen LogP contribution >= 0.6 is 11.3 Å². The molecule has 3 rings (SSSR count). The predicted molar refractivity (Wildman–Crippen MR) is 84.3 cm³/mol. The summed E-state index contributed by atoms with van der Waals surface area (Å²) in [5.74, 6) is -0.880. The highest BCUT2D eigenvalue weighted by Gasteiger charge is 2.26. The summed E-state index contributed by atoms with van der Waals surface area (Å²) < 4.78 is 27.6. The van der Waals surface area contributed by atoms with Gasteiger partial charge in [-0.1, -0.05) is 0 Å². The number of halogens is 2. The number of urea groups is 1. The number of hydrogen-bond donors (Lipinski definition) is 1. The summed E-state index contributed by atoms with van der Waals surface area (Å²) >= 11 is 1.52. The summed E-state index contributed by atoms with van der Waals surface area (Å²) in [6.45, 7) is 4.20. The molecule has 1 atom stereocenters. The standard InChI is InChI=1S/C16H17F2N3OS/c1-9(15-8-23-10(2)20-15)19-16(22)21-6-5-11-12(7-21)14(18)4-3-13(11)17/h3-4,8-9H,5-7H2,1-2H3,(H,19,22)/t9-/m1/s1. The van der Waals surface area contributed by atoms with E-state index in [9.17, 15) is 13.6 Å². The number of nitrogens with zero attached hydrogens (tertiary/aromatic N) is 2. The van der Waals surface area contributed by atoms with Gasteiger partial charge in [0.15, 0.2) is 0 Å². The van der Waals surface area contributed by atoms with E-state index in [2.05, 4.69) is 10.3 Å². The predicted octanol–water partition coefficient (Wildman–Crippen LogP) is 3.56. The molecule has 1 aromatic heterocycles. The molecule has 122 valence electrons. The topological polar surface area (TPSA) is 45.2 Å². The first kappa shape index (κ1) is 15.9. The van der Waals surface area contributed by atoms with Gasteiger partial charge in [-0.2, -0.15) is 0 Å². The van der Waals surface area contributed by atoms with Gasteiger partial charge in [0.05, 0.1) is 23.3 Å². The van der Waals surface area contributed by atoms with Gasteiger partial charge in [-0.25, -0.2) is 18.6 Å². The van der Waals surface area contributed by atoms with E-state index < -0.39 is 11.6 Å². The van der Waals surface area contributed by atoms with E-state index in [1.165, 1.54) is 16.2 Å². The molecule has 0 spiro atoms. The van der Waals surface area contributed by atoms with Crippen molar-refractivity contribution in [3.05, 3.63) is 51.0 Å². The quantitative estimate of drug-likeness (QED) is 0.911. The number of aromatic nitrogens is 1. The van der Waals surface area contributed by atoms with E-state index in [-0.39, 0.29) is 24.2 Å². The number of aryl methyl sites for hydroxylation is 1. The molecule has 2 heterocycles. The zero-order valence-electron chi connectivity index (χ0n) is 12.9. The van der Waals surface area contributed by atoms with Crippen LogP contribution in [0.15, 0.2) is 17.5 Å². The van der Waals surface area contributed by atoms with Crippen LogP contribution in [0, 0.1) is 18.6 Å². The summed E-state index contributed by atoms with van der Waals surface area (Å²) in [6.07, 6.45) is 0.316. The Labute approximate surface area is 137 Å². The van der Waals surface area contributed by atoms with Crippen LogP contribution in [0.3, 0.4) is 0 Å². The monoisotopic (exact) mass is 337 g/mol. The van der Waals surface area contributed by atoms with E-state index >= 15 is 0 Å². The van der Waals surface area contributed by atoms with Crippen LogP contribution in [0.25, 0.3) is 0 Å². The van der Waals surface area contributed by atoms with Crippen LogP contribution in [0.2, 0.25) is 0 Å². The Bertz CT molecular complexity index is 747. The number of amides is 2. The minimum Gasteiger partial charge on any atom is -0.330 e. The van der Waals surface area contributed by atoms with Gasteiger partial charge in [0, 0.05) is 17.5 Å². The largest absolute Gasteiger partial charge is 0.330 e. The molecule has 0 radical (unpaired) electrons. The second-order valence-electron chi connectivity index (χ2n) is 5.62. The van der Waals surface area contributed by atoms with Crippen molar-refractivity contribution in [2.75, 3.05) is 6.54 Å². The maximum Gasteiger partial charge on any atom is 0.318 e. The molecule has 0 saturated carbocycles. The second-order valence-corrected chi connectivity index (χ2v) is 6.68. The summed E-state index contributed by atoms with van der Waals surface area (Å²) in [5, 5.41) is 5.70. The fourth-order valence-corrected chi connectivity index (χ4v) is 3.40. The Morgan fingerprint density at radius 2 is 2.04 bits per heavy atom. The minimum atomic E-state index is -0.470. The van der Waals surface area contributed by atoms with E-state index in [1.54, 1.807) is 0 Å². The van der Waals surface area contributed by atoms with E-state index in [1.807, 2.05) is 19.2 Å². The molecule has 1 N–H and O–H groups in total. The summed E-state index contributed by atoms with van der Waals surface area (Å²) in [4.78, 5) is 18.2. The van der Waals surface area contributed by atoms with Gasteiger partial charge in [0.25, 0.3) is 0 Å². The van der Waals surface area contributed by atoms with Crippen LogP contribution < -0.4 is 5.32 Å². The highest BCUT2D eigenvalue weighted by atomic mass is 32.1. The van der Waals surface area contributed by atoms with Gasteiger partial charge in [-0.15, -0.1) is 11.3 Å². The lowest BCUT2D eigenvalue weighted by Gasteiger charge is -2.30. The molecule has 0 fully saturated rings. The first-order chi connectivity index (χ1) is 11.0. The van der Waals surface area contributed by atoms with Gasteiger partial charge in [0.2, 0.25) is 0 Å². The van der Waals surface area contributed by atoms with Crippen molar-refractivity contribution in [1.29, 1.82) is 0 Å². The zero-order chi connectivity index (χ0) is 16.6. The molecular formula is C16H17F2N3OS. The van der Waals surface area contributed by atoms with Crippen LogP contribution in [0.1, 0.15) is 34.8 Å². The van der Waals surface area contributed by atoms with Gasteiger partial charge < -0.3 is 10.2 Å². The van der Waals surface area contributed by atoms with Crippen molar-refractivity contribution >= 4 is 17.4 Å². The lowest BCUT2D eigenvalue weighted by molar-refractivity contribution is 0.187. The molecule has 4 nitrogen and oxygen atoms in total. The van der Waals surface area contributed by atoms with E-state index in [0.29, 0.717) is 18.5 Å². The third-order valence-electron chi connectivity index (χ3n) is 4.01. The average molecular weight is 337 g/mol. The van der Waals surface area contributed by atoms with Crippen molar-refractivity contribution < 1.29 is 13.6 Å². The van der Waals surface area contributed by atoms with Gasteiger partial charge >= 0.3 is 6.03 Å². The Morgan fingerprint density at radius 3 is 2.70 bits per heavy atom. The van der Waals surface area contributed by atoms with E-state index in [4.69, 9.17) is 0 Å². The Kier molecular flexibility index (Phi) is 4.30. The van der Waals surface area contributed by atoms with Gasteiger partial charge in [-0.3, -0.25) is 0 Å². The first-order valence-electron chi connectivity index (χ1n) is 7.39. The summed E-state index contributed by atoms with van der Waals surface area (Å²) in [5.41, 5.74) is 1.44. The summed E-state index contributed by atoms with van der Waals surface area (Å²) in [6, 6.07) is 1.72. The highest BCUT2D eigenvalue weighted by molar-refractivity contribution is 7.09. The van der Waals surface area contributed by atoms with Crippen molar-refractivity contribution in [3.8, 4) is 0 Å². The molecule has 23 heavy (non-hydrogen) atoms. The van der Waals surface area contributed by atoms with Crippen LogP contribution in [0.4, 0.5) is 13.6 Å². The smallest absolute Gasteiger partial charge is 0.318 e. The van der Waals surface area contributed by atoms with Crippen molar-refractivity contribution in [2.24, 2.45) is 0 Å². The fourth-order valence-electron chi connectivity index (χ4n) is 2.70. The third-order valence-corrected chi connectivity index (χ3v) is 4.80. The van der Waals surface area contributed by atoms with Crippen LogP contribution in [-0.4, -0.2) is 22.5 Å². The van der Waals surface area contributed by atoms with Crippen molar-refractivity contribution in [2.45, 2.75) is 32.9 Å². The lowest BCUT2D eigenvalue weighted by atomic mass is 9.99. The molecule has 7 heteroatoms. The van der Waals surface area contributed by atoms with Crippen LogP contribution in [-0.2, 0) is 13.0 Å². The first-order valence-corrected chi connectivity index (χ1v) is 8.27. The molecule has 1 aliphatic heterocycles. The third kappa shape index (κ3) is 3.19. The Balaban J connectivity index is 1.71. The normalized spacial score (nSPS) is 15.2. The van der Waals surface area contributed by atoms with Crippen LogP contribution in [0.5, 0.6) is 0 Å². The number of fused-ring (bicyclic) bond motifs is 1. The maximum absolute atomic E-state index is 13.9. The lowest BCUT2D eigenvalue weighted by Crippen LogP contribution is -2.44. The molecule has 0 unspecified atom stereocenters. The molecule has 1 aliphatic rings. The number of carbonyl (C=O) groups is 1. The molecule has 0 aliphatic carbocycles. The number of carbonyl (C=O) groups excluding carboxylic acids is 1. The molecule has 0 saturated heterocycles. The summed E-state index contributed by atoms with van der Waals surface area (Å²) in [7, 11) is 0. The van der Waals surface area contributed by atoms with Gasteiger partial charge in [-0.05, 0) is 38.0 Å². The fraction of sp³-hybridized carbons (Fsp3) is 0.375. The Morgan fingerprint density at radius 1 is 1.35 bits per heavy atom. The molecule has 2 amide bonds. The van der Waals surface area contributed by atoms with Crippen molar-refractivity contribution in [1.82, 2.24) is 15.2 Å². The number of hydrogen-bond acceptors (Lipinski definition) is 3. The van der Waals surface area contributed by atoms with Crippen molar-refractivity contribution in [3.63, 3.8) is 0 Å². The molecule has 1 aromatic carbocycles. The average Bonchev–Trinajstić information content (AvgIpc) is 2.97. The molecular weight excluding hydrogens is 320 g/mol. The molecule has 2 aromatic rings. The number of thiazole rings is 1. The van der Waals surface area contributed by atoms with Gasteiger partial charge in [0.1, 0.15) is 11.6 Å². The Hall–Kier alpha value is -2.02. The maximum atomic E-state index is 13.9. The second kappa shape index (κ2) is 6.23. The van der Waals surface area contributed by atoms with E-state index in [0.717, 1.165) is 22.8 Å². The number of rotatable bonds is 2. The highest BCUT2D eigenvalue weighted by Crippen LogP contribution is 2.25. The molecule has 0 bridgehead atoms. The minimum absolute atomic E-state index is 0.0770.